The van der Waals surface area contributed by atoms with E-state index in [0.29, 0.717) is 0 Å². The molecule has 0 aliphatic heterocycles. The van der Waals surface area contributed by atoms with Gasteiger partial charge in [-0.25, -0.2) is 0 Å². The molecule has 1 aromatic heterocycles. The van der Waals surface area contributed by atoms with Crippen LogP contribution in [-0.2, 0) is 6.54 Å². The van der Waals surface area contributed by atoms with E-state index in [4.69, 9.17) is 0 Å². The predicted octanol–water partition coefficient (Wildman–Crippen LogP) is 2.36. The first-order valence-corrected chi connectivity index (χ1v) is 5.58. The van der Waals surface area contributed by atoms with Gasteiger partial charge >= 0.3 is 5.82 Å². The Kier molecular flexibility index (Phi) is 4.58. The molecule has 1 aromatic rings. The van der Waals surface area contributed by atoms with Crippen LogP contribution in [0.15, 0.2) is 12.5 Å². The van der Waals surface area contributed by atoms with Crippen LogP contribution in [0, 0.1) is 10.1 Å². The number of halogens is 1. The summed E-state index contributed by atoms with van der Waals surface area (Å²) in [6.07, 6.45) is 6.26. The molecule has 0 bridgehead atoms. The molecule has 0 atom stereocenters. The van der Waals surface area contributed by atoms with Crippen molar-refractivity contribution in [2.45, 2.75) is 25.8 Å². The highest BCUT2D eigenvalue weighted by molar-refractivity contribution is 9.09. The van der Waals surface area contributed by atoms with Gasteiger partial charge in [-0.1, -0.05) is 22.4 Å². The summed E-state index contributed by atoms with van der Waals surface area (Å²) in [6.45, 7) is 0.799. The zero-order chi connectivity index (χ0) is 10.4. The Labute approximate surface area is 90.4 Å². The summed E-state index contributed by atoms with van der Waals surface area (Å²) in [5, 5.41) is 11.3. The van der Waals surface area contributed by atoms with Crippen molar-refractivity contribution in [3.8, 4) is 0 Å². The molecule has 0 saturated carbocycles. The van der Waals surface area contributed by atoms with E-state index in [-0.39, 0.29) is 5.82 Å². The summed E-state index contributed by atoms with van der Waals surface area (Å²) in [4.78, 5) is 13.5. The van der Waals surface area contributed by atoms with Gasteiger partial charge in [0.15, 0.2) is 0 Å². The van der Waals surface area contributed by atoms with Crippen LogP contribution in [-0.4, -0.2) is 19.8 Å². The fourth-order valence-electron chi connectivity index (χ4n) is 1.13. The molecule has 78 valence electrons. The molecule has 0 N–H and O–H groups in total. The fourth-order valence-corrected chi connectivity index (χ4v) is 1.53. The summed E-state index contributed by atoms with van der Waals surface area (Å²) < 4.78 is 1.76. The van der Waals surface area contributed by atoms with Crippen molar-refractivity contribution < 1.29 is 4.92 Å². The van der Waals surface area contributed by atoms with Gasteiger partial charge in [-0.15, -0.1) is 0 Å². The van der Waals surface area contributed by atoms with Gasteiger partial charge in [-0.3, -0.25) is 0 Å². The molecule has 14 heavy (non-hydrogen) atoms. The number of aromatic nitrogens is 2. The normalized spacial score (nSPS) is 10.4. The monoisotopic (exact) mass is 261 g/mol. The third kappa shape index (κ3) is 3.45. The highest BCUT2D eigenvalue weighted by Crippen LogP contribution is 2.07. The lowest BCUT2D eigenvalue weighted by Crippen LogP contribution is -1.94. The van der Waals surface area contributed by atoms with Crippen LogP contribution in [0.1, 0.15) is 19.3 Å². The molecular weight excluding hydrogens is 250 g/mol. The average molecular weight is 262 g/mol. The van der Waals surface area contributed by atoms with Gasteiger partial charge in [-0.2, -0.15) is 0 Å². The Morgan fingerprint density at radius 1 is 1.50 bits per heavy atom. The maximum absolute atomic E-state index is 10.3. The van der Waals surface area contributed by atoms with Crippen LogP contribution in [0.5, 0.6) is 0 Å². The average Bonchev–Trinajstić information content (AvgIpc) is 2.61. The van der Waals surface area contributed by atoms with E-state index in [1.165, 1.54) is 12.5 Å². The molecule has 0 aromatic carbocycles. The van der Waals surface area contributed by atoms with Crippen LogP contribution < -0.4 is 0 Å². The Balaban J connectivity index is 2.33. The molecule has 1 rings (SSSR count). The number of hydrogen-bond acceptors (Lipinski definition) is 3. The molecule has 1 heterocycles. The quantitative estimate of drug-likeness (QED) is 0.342. The van der Waals surface area contributed by atoms with Crippen molar-refractivity contribution in [1.29, 1.82) is 0 Å². The van der Waals surface area contributed by atoms with E-state index in [0.717, 1.165) is 31.1 Å². The van der Waals surface area contributed by atoms with Crippen LogP contribution in [0.2, 0.25) is 0 Å². The molecule has 0 aliphatic rings. The van der Waals surface area contributed by atoms with Gasteiger partial charge in [-0.05, 0) is 22.7 Å². The van der Waals surface area contributed by atoms with Crippen molar-refractivity contribution in [1.82, 2.24) is 9.55 Å². The van der Waals surface area contributed by atoms with Crippen LogP contribution in [0.3, 0.4) is 0 Å². The first kappa shape index (κ1) is 11.2. The number of unbranched alkanes of at least 4 members (excludes halogenated alkanes) is 2. The van der Waals surface area contributed by atoms with Gasteiger partial charge in [0, 0.05) is 11.9 Å². The van der Waals surface area contributed by atoms with Crippen molar-refractivity contribution in [3.63, 3.8) is 0 Å². The lowest BCUT2D eigenvalue weighted by atomic mass is 10.2. The van der Waals surface area contributed by atoms with Gasteiger partial charge in [0.2, 0.25) is 6.33 Å². The van der Waals surface area contributed by atoms with Crippen molar-refractivity contribution in [3.05, 3.63) is 22.6 Å². The number of imidazole rings is 1. The fraction of sp³-hybridized carbons (Fsp3) is 0.625. The smallest absolute Gasteiger partial charge is 0.358 e. The second-order valence-corrected chi connectivity index (χ2v) is 3.77. The van der Waals surface area contributed by atoms with E-state index in [1.54, 1.807) is 4.57 Å². The van der Waals surface area contributed by atoms with E-state index < -0.39 is 4.92 Å². The van der Waals surface area contributed by atoms with Gasteiger partial charge in [0.05, 0.1) is 0 Å². The summed E-state index contributed by atoms with van der Waals surface area (Å²) in [5.74, 6) is -0.0782. The van der Waals surface area contributed by atoms with E-state index in [1.807, 2.05) is 0 Å². The Morgan fingerprint density at radius 3 is 2.86 bits per heavy atom. The summed E-state index contributed by atoms with van der Waals surface area (Å²) in [5.41, 5.74) is 0. The topological polar surface area (TPSA) is 61.0 Å². The molecule has 0 unspecified atom stereocenters. The van der Waals surface area contributed by atoms with Crippen LogP contribution in [0.25, 0.3) is 0 Å². The zero-order valence-corrected chi connectivity index (χ0v) is 9.31. The van der Waals surface area contributed by atoms with Crippen LogP contribution >= 0.6 is 15.9 Å². The minimum absolute atomic E-state index is 0.0782. The van der Waals surface area contributed by atoms with Crippen molar-refractivity contribution >= 4 is 21.7 Å². The third-order valence-electron chi connectivity index (χ3n) is 1.86. The van der Waals surface area contributed by atoms with Gasteiger partial charge < -0.3 is 14.7 Å². The molecule has 0 spiro atoms. The zero-order valence-electron chi connectivity index (χ0n) is 7.73. The van der Waals surface area contributed by atoms with E-state index in [2.05, 4.69) is 20.9 Å². The van der Waals surface area contributed by atoms with Gasteiger partial charge in [0.25, 0.3) is 0 Å². The van der Waals surface area contributed by atoms with Crippen molar-refractivity contribution in [2.75, 3.05) is 5.33 Å². The van der Waals surface area contributed by atoms with E-state index in [9.17, 15) is 10.1 Å². The van der Waals surface area contributed by atoms with Crippen molar-refractivity contribution in [2.24, 2.45) is 0 Å². The standard InChI is InChI=1S/C8H12BrN3O2/c9-4-2-1-3-5-11-6-8(10-7-11)12(13)14/h6-7H,1-5H2. The summed E-state index contributed by atoms with van der Waals surface area (Å²) >= 11 is 3.35. The molecule has 0 radical (unpaired) electrons. The maximum Gasteiger partial charge on any atom is 0.381 e. The minimum Gasteiger partial charge on any atom is -0.358 e. The first-order valence-electron chi connectivity index (χ1n) is 4.46. The summed E-state index contributed by atoms with van der Waals surface area (Å²) in [6, 6.07) is 0. The maximum atomic E-state index is 10.3. The predicted molar refractivity (Wildman–Crippen MR) is 56.5 cm³/mol. The molecule has 0 aliphatic carbocycles. The molecular formula is C8H12BrN3O2. The highest BCUT2D eigenvalue weighted by Gasteiger charge is 2.08. The summed E-state index contributed by atoms with van der Waals surface area (Å²) in [7, 11) is 0. The van der Waals surface area contributed by atoms with Crippen LogP contribution in [0.4, 0.5) is 5.82 Å². The number of nitrogens with zero attached hydrogens (tertiary/aromatic N) is 3. The number of hydrogen-bond donors (Lipinski definition) is 0. The molecule has 6 heteroatoms. The first-order chi connectivity index (χ1) is 6.74. The second kappa shape index (κ2) is 5.74. The number of alkyl halides is 1. The lowest BCUT2D eigenvalue weighted by Gasteiger charge is -1.98. The molecule has 0 amide bonds. The Hall–Kier alpha value is -0.910. The Bertz CT molecular complexity index is 301. The minimum atomic E-state index is -0.477. The van der Waals surface area contributed by atoms with Gasteiger partial charge in [0.1, 0.15) is 6.20 Å². The third-order valence-corrected chi connectivity index (χ3v) is 2.42. The number of rotatable bonds is 6. The Morgan fingerprint density at radius 2 is 2.29 bits per heavy atom. The lowest BCUT2D eigenvalue weighted by molar-refractivity contribution is -0.389. The molecule has 0 saturated heterocycles. The largest absolute Gasteiger partial charge is 0.381 e. The molecule has 5 nitrogen and oxygen atoms in total. The molecule has 0 fully saturated rings. The highest BCUT2D eigenvalue weighted by atomic mass is 79.9. The number of nitro groups is 1. The van der Waals surface area contributed by atoms with E-state index >= 15 is 0 Å². The second-order valence-electron chi connectivity index (χ2n) is 2.98. The SMILES string of the molecule is O=[N+]([O-])c1cn(CCCCCBr)cn1. The number of aryl methyl sites for hydroxylation is 1.